The summed E-state index contributed by atoms with van der Waals surface area (Å²) < 4.78 is 28.5. The largest absolute Gasteiger partial charge is 0.366 e. The maximum Gasteiger partial charge on any atom is 0.268 e. The van der Waals surface area contributed by atoms with Gasteiger partial charge in [-0.05, 0) is 13.0 Å². The minimum Gasteiger partial charge on any atom is -0.366 e. The minimum absolute atomic E-state index is 0.114. The molecule has 0 radical (unpaired) electrons. The standard InChI is InChI=1S/C5H9NO4S.C3H5NO/c1-4(5(6)7)2-3-11(8,9)10;1-2-3(4)5/h2H,3H2,1H3,(H2,6,7)(H,8,9,10);2H,1H2,(H2,4,5). The molecule has 5 N–H and O–H groups in total. The fourth-order valence-corrected chi connectivity index (χ4v) is 0.792. The highest BCUT2D eigenvalue weighted by molar-refractivity contribution is 7.85. The van der Waals surface area contributed by atoms with Crippen LogP contribution in [0.3, 0.4) is 0 Å². The SMILES string of the molecule is C=CC(N)=O.CC(=CCS(=O)(=O)O)C(N)=O. The molecule has 0 spiro atoms. The molecule has 0 aliphatic rings. The van der Waals surface area contributed by atoms with Crippen molar-refractivity contribution >= 4 is 21.9 Å². The molecule has 0 rings (SSSR count). The Morgan fingerprint density at radius 1 is 1.38 bits per heavy atom. The zero-order chi connectivity index (χ0) is 13.4. The van der Waals surface area contributed by atoms with Crippen LogP contribution in [0.25, 0.3) is 0 Å². The van der Waals surface area contributed by atoms with Gasteiger partial charge in [-0.1, -0.05) is 12.7 Å². The van der Waals surface area contributed by atoms with E-state index in [4.69, 9.17) is 10.3 Å². The number of carbonyl (C=O) groups is 2. The van der Waals surface area contributed by atoms with Gasteiger partial charge in [0.2, 0.25) is 11.8 Å². The Hall–Kier alpha value is -1.67. The van der Waals surface area contributed by atoms with E-state index in [2.05, 4.69) is 12.3 Å². The van der Waals surface area contributed by atoms with Crippen LogP contribution in [0.15, 0.2) is 24.3 Å². The van der Waals surface area contributed by atoms with Crippen molar-refractivity contribution in [2.24, 2.45) is 11.5 Å². The van der Waals surface area contributed by atoms with Crippen molar-refractivity contribution < 1.29 is 22.6 Å². The van der Waals surface area contributed by atoms with E-state index in [-0.39, 0.29) is 5.57 Å². The second-order valence-corrected chi connectivity index (χ2v) is 4.10. The van der Waals surface area contributed by atoms with Crippen molar-refractivity contribution in [1.29, 1.82) is 0 Å². The molecule has 0 heterocycles. The number of amides is 2. The lowest BCUT2D eigenvalue weighted by molar-refractivity contribution is -0.115. The van der Waals surface area contributed by atoms with Crippen molar-refractivity contribution in [3.8, 4) is 0 Å². The van der Waals surface area contributed by atoms with Crippen LogP contribution in [0.2, 0.25) is 0 Å². The van der Waals surface area contributed by atoms with E-state index in [9.17, 15) is 18.0 Å². The average molecular weight is 250 g/mol. The van der Waals surface area contributed by atoms with Crippen LogP contribution in [-0.4, -0.2) is 30.5 Å². The molecule has 0 aromatic rings. The molecule has 0 bridgehead atoms. The normalized spacial score (nSPS) is 11.0. The summed E-state index contributed by atoms with van der Waals surface area (Å²) in [7, 11) is -4.04. The predicted molar refractivity (Wildman–Crippen MR) is 58.8 cm³/mol. The van der Waals surface area contributed by atoms with Crippen molar-refractivity contribution in [3.63, 3.8) is 0 Å². The zero-order valence-corrected chi connectivity index (χ0v) is 9.53. The number of primary amides is 2. The van der Waals surface area contributed by atoms with Crippen LogP contribution in [0, 0.1) is 0 Å². The molecular formula is C8H14N2O5S. The maximum atomic E-state index is 10.3. The number of nitrogens with two attached hydrogens (primary N) is 2. The van der Waals surface area contributed by atoms with Crippen LogP contribution in [0.1, 0.15) is 6.92 Å². The highest BCUT2D eigenvalue weighted by atomic mass is 32.2. The third kappa shape index (κ3) is 14.8. The highest BCUT2D eigenvalue weighted by Gasteiger charge is 2.02. The van der Waals surface area contributed by atoms with Gasteiger partial charge in [-0.25, -0.2) is 0 Å². The summed E-state index contributed by atoms with van der Waals surface area (Å²) in [5.41, 5.74) is 9.43. The second kappa shape index (κ2) is 7.60. The molecule has 2 amide bonds. The average Bonchev–Trinajstić information content (AvgIpc) is 2.13. The Morgan fingerprint density at radius 3 is 1.94 bits per heavy atom. The van der Waals surface area contributed by atoms with Crippen LogP contribution in [-0.2, 0) is 19.7 Å². The number of carbonyl (C=O) groups excluding carboxylic acids is 2. The third-order valence-electron chi connectivity index (χ3n) is 1.19. The van der Waals surface area contributed by atoms with Gasteiger partial charge in [-0.15, -0.1) is 0 Å². The smallest absolute Gasteiger partial charge is 0.268 e. The van der Waals surface area contributed by atoms with E-state index in [0.29, 0.717) is 0 Å². The van der Waals surface area contributed by atoms with Gasteiger partial charge < -0.3 is 11.5 Å². The van der Waals surface area contributed by atoms with E-state index < -0.39 is 27.7 Å². The molecule has 0 saturated carbocycles. The van der Waals surface area contributed by atoms with E-state index in [0.717, 1.165) is 12.2 Å². The Kier molecular flexibility index (Phi) is 7.96. The van der Waals surface area contributed by atoms with Crippen molar-refractivity contribution in [3.05, 3.63) is 24.3 Å². The summed E-state index contributed by atoms with van der Waals surface area (Å²) in [6, 6.07) is 0. The first-order valence-corrected chi connectivity index (χ1v) is 5.54. The van der Waals surface area contributed by atoms with Crippen LogP contribution < -0.4 is 11.5 Å². The van der Waals surface area contributed by atoms with Gasteiger partial charge in [-0.2, -0.15) is 8.42 Å². The van der Waals surface area contributed by atoms with Gasteiger partial charge in [0.05, 0.1) is 5.75 Å². The van der Waals surface area contributed by atoms with Gasteiger partial charge in [0.25, 0.3) is 10.1 Å². The van der Waals surface area contributed by atoms with E-state index in [1.807, 2.05) is 0 Å². The Balaban J connectivity index is 0. The molecule has 0 unspecified atom stereocenters. The first kappa shape index (κ1) is 16.7. The lowest BCUT2D eigenvalue weighted by atomic mass is 10.3. The quantitative estimate of drug-likeness (QED) is 0.432. The summed E-state index contributed by atoms with van der Waals surface area (Å²) >= 11 is 0. The molecular weight excluding hydrogens is 236 g/mol. The molecule has 0 atom stereocenters. The van der Waals surface area contributed by atoms with Crippen LogP contribution >= 0.6 is 0 Å². The molecule has 7 nitrogen and oxygen atoms in total. The number of hydrogen-bond donors (Lipinski definition) is 3. The van der Waals surface area contributed by atoms with Gasteiger partial charge in [0.15, 0.2) is 0 Å². The first-order chi connectivity index (χ1) is 7.10. The molecule has 0 aromatic heterocycles. The van der Waals surface area contributed by atoms with Gasteiger partial charge in [0.1, 0.15) is 0 Å². The van der Waals surface area contributed by atoms with Crippen molar-refractivity contribution in [2.75, 3.05) is 5.75 Å². The molecule has 8 heteroatoms. The van der Waals surface area contributed by atoms with E-state index in [1.165, 1.54) is 6.92 Å². The third-order valence-corrected chi connectivity index (χ3v) is 1.78. The van der Waals surface area contributed by atoms with Crippen LogP contribution in [0.5, 0.6) is 0 Å². The van der Waals surface area contributed by atoms with Crippen molar-refractivity contribution in [2.45, 2.75) is 6.92 Å². The summed E-state index contributed by atoms with van der Waals surface area (Å²) in [6.45, 7) is 4.45. The fraction of sp³-hybridized carbons (Fsp3) is 0.250. The summed E-state index contributed by atoms with van der Waals surface area (Å²) in [5.74, 6) is -1.76. The molecule has 0 fully saturated rings. The van der Waals surface area contributed by atoms with Gasteiger partial charge in [0, 0.05) is 5.57 Å². The Morgan fingerprint density at radius 2 is 1.75 bits per heavy atom. The first-order valence-electron chi connectivity index (χ1n) is 3.93. The Bertz CT molecular complexity index is 397. The zero-order valence-electron chi connectivity index (χ0n) is 8.71. The van der Waals surface area contributed by atoms with E-state index in [1.54, 1.807) is 0 Å². The topological polar surface area (TPSA) is 141 Å². The fourth-order valence-electron chi connectivity index (χ4n) is 0.331. The van der Waals surface area contributed by atoms with Gasteiger partial charge in [-0.3, -0.25) is 14.1 Å². The lowest BCUT2D eigenvalue weighted by Gasteiger charge is -1.92. The molecule has 0 aliphatic carbocycles. The number of rotatable bonds is 4. The van der Waals surface area contributed by atoms with Crippen molar-refractivity contribution in [1.82, 2.24) is 0 Å². The summed E-state index contributed by atoms with van der Waals surface area (Å²) in [5, 5.41) is 0. The molecule has 16 heavy (non-hydrogen) atoms. The molecule has 0 saturated heterocycles. The highest BCUT2D eigenvalue weighted by Crippen LogP contribution is 1.92. The predicted octanol–water partition coefficient (Wildman–Crippen LogP) is -1.04. The molecule has 92 valence electrons. The van der Waals surface area contributed by atoms with E-state index >= 15 is 0 Å². The lowest BCUT2D eigenvalue weighted by Crippen LogP contribution is -2.13. The molecule has 0 aliphatic heterocycles. The summed E-state index contributed by atoms with van der Waals surface area (Å²) in [4.78, 5) is 19.8. The van der Waals surface area contributed by atoms with Crippen LogP contribution in [0.4, 0.5) is 0 Å². The maximum absolute atomic E-state index is 10.3. The second-order valence-electron chi connectivity index (χ2n) is 2.61. The summed E-state index contributed by atoms with van der Waals surface area (Å²) in [6.07, 6.45) is 2.11. The number of hydrogen-bond acceptors (Lipinski definition) is 4. The van der Waals surface area contributed by atoms with Gasteiger partial charge >= 0.3 is 0 Å². The Labute approximate surface area is 93.6 Å². The minimum atomic E-state index is -4.04. The molecule has 0 aromatic carbocycles. The monoisotopic (exact) mass is 250 g/mol.